The van der Waals surface area contributed by atoms with E-state index in [9.17, 15) is 9.59 Å². The Morgan fingerprint density at radius 3 is 3.00 bits per heavy atom. The van der Waals surface area contributed by atoms with Crippen molar-refractivity contribution in [3.05, 3.63) is 5.82 Å². The van der Waals surface area contributed by atoms with Crippen LogP contribution in [0.1, 0.15) is 31.6 Å². The van der Waals surface area contributed by atoms with E-state index in [0.717, 1.165) is 0 Å². The van der Waals surface area contributed by atoms with Crippen molar-refractivity contribution in [3.8, 4) is 0 Å². The number of nitrogens with zero attached hydrogens (tertiary/aromatic N) is 3. The van der Waals surface area contributed by atoms with Gasteiger partial charge in [0, 0.05) is 6.42 Å². The van der Waals surface area contributed by atoms with Crippen molar-refractivity contribution in [2.75, 3.05) is 0 Å². The van der Waals surface area contributed by atoms with Crippen LogP contribution in [-0.4, -0.2) is 38.5 Å². The van der Waals surface area contributed by atoms with Gasteiger partial charge in [-0.1, -0.05) is 5.21 Å². The highest BCUT2D eigenvalue weighted by atomic mass is 16.2. The van der Waals surface area contributed by atoms with Crippen molar-refractivity contribution in [3.63, 3.8) is 0 Å². The van der Waals surface area contributed by atoms with Crippen molar-refractivity contribution < 1.29 is 9.59 Å². The van der Waals surface area contributed by atoms with Gasteiger partial charge < -0.3 is 10.6 Å². The number of tetrazole rings is 1. The Kier molecular flexibility index (Phi) is 2.80. The molecule has 8 nitrogen and oxygen atoms in total. The van der Waals surface area contributed by atoms with Gasteiger partial charge in [-0.2, -0.15) is 5.21 Å². The molecule has 1 aliphatic heterocycles. The molecule has 2 amide bonds. The second kappa shape index (κ2) is 4.25. The first-order valence-corrected chi connectivity index (χ1v) is 5.00. The maximum absolute atomic E-state index is 11.7. The molecule has 16 heavy (non-hydrogen) atoms. The van der Waals surface area contributed by atoms with E-state index in [1.165, 1.54) is 0 Å². The number of hydrogen-bond donors (Lipinski definition) is 3. The Morgan fingerprint density at radius 2 is 2.44 bits per heavy atom. The Hall–Kier alpha value is -1.99. The zero-order valence-corrected chi connectivity index (χ0v) is 8.73. The molecule has 1 aromatic heterocycles. The summed E-state index contributed by atoms with van der Waals surface area (Å²) < 4.78 is 0. The molecule has 1 unspecified atom stereocenters. The molecule has 0 spiro atoms. The molecule has 1 aliphatic rings. The zero-order chi connectivity index (χ0) is 11.5. The fraction of sp³-hybridized carbons (Fsp3) is 0.625. The van der Waals surface area contributed by atoms with Crippen molar-refractivity contribution in [2.24, 2.45) is 0 Å². The fourth-order valence-corrected chi connectivity index (χ4v) is 1.54. The van der Waals surface area contributed by atoms with Gasteiger partial charge in [-0.3, -0.25) is 9.59 Å². The average molecular weight is 224 g/mol. The summed E-state index contributed by atoms with van der Waals surface area (Å²) in [6, 6.07) is -0.773. The van der Waals surface area contributed by atoms with Crippen molar-refractivity contribution in [2.45, 2.75) is 31.8 Å². The van der Waals surface area contributed by atoms with E-state index in [1.54, 1.807) is 6.92 Å². The summed E-state index contributed by atoms with van der Waals surface area (Å²) in [5, 5.41) is 18.5. The number of amides is 2. The lowest BCUT2D eigenvalue weighted by Crippen LogP contribution is -2.42. The van der Waals surface area contributed by atoms with E-state index >= 15 is 0 Å². The van der Waals surface area contributed by atoms with Crippen LogP contribution in [0, 0.1) is 0 Å². The second-order valence-electron chi connectivity index (χ2n) is 3.66. The molecule has 0 saturated carbocycles. The molecule has 1 fully saturated rings. The van der Waals surface area contributed by atoms with Gasteiger partial charge in [0.15, 0.2) is 5.82 Å². The van der Waals surface area contributed by atoms with Gasteiger partial charge in [-0.05, 0) is 13.3 Å². The standard InChI is InChI=1S/C8H12N6O2/c1-4(7-11-13-14-12-7)9-8(16)5-2-3-6(15)10-5/h4-5H,2-3H2,1H3,(H,9,16)(H,10,15)(H,11,12,13,14)/t4?,5-/m0/s1. The van der Waals surface area contributed by atoms with E-state index in [1.807, 2.05) is 0 Å². The van der Waals surface area contributed by atoms with Crippen LogP contribution in [0.5, 0.6) is 0 Å². The molecule has 2 heterocycles. The number of nitrogens with one attached hydrogen (secondary N) is 3. The van der Waals surface area contributed by atoms with Gasteiger partial charge in [0.05, 0.1) is 6.04 Å². The summed E-state index contributed by atoms with van der Waals surface area (Å²) in [4.78, 5) is 22.6. The van der Waals surface area contributed by atoms with Crippen LogP contribution >= 0.6 is 0 Å². The molecule has 2 atom stereocenters. The number of H-pyrrole nitrogens is 1. The molecule has 0 aliphatic carbocycles. The Bertz CT molecular complexity index is 389. The number of aromatic nitrogens is 4. The van der Waals surface area contributed by atoms with Crippen molar-refractivity contribution in [1.29, 1.82) is 0 Å². The highest BCUT2D eigenvalue weighted by molar-refractivity contribution is 5.90. The monoisotopic (exact) mass is 224 g/mol. The van der Waals surface area contributed by atoms with Gasteiger partial charge in [-0.15, -0.1) is 10.2 Å². The number of carbonyl (C=O) groups is 2. The highest BCUT2D eigenvalue weighted by Gasteiger charge is 2.28. The Balaban J connectivity index is 1.90. The first-order valence-electron chi connectivity index (χ1n) is 5.00. The molecule has 1 aromatic rings. The zero-order valence-electron chi connectivity index (χ0n) is 8.73. The third-order valence-corrected chi connectivity index (χ3v) is 2.42. The van der Waals surface area contributed by atoms with Gasteiger partial charge >= 0.3 is 0 Å². The summed E-state index contributed by atoms with van der Waals surface area (Å²) in [5.41, 5.74) is 0. The predicted octanol–water partition coefficient (Wildman–Crippen LogP) is -1.34. The molecule has 2 rings (SSSR count). The molecule has 0 bridgehead atoms. The van der Waals surface area contributed by atoms with Gasteiger partial charge in [-0.25, -0.2) is 0 Å². The van der Waals surface area contributed by atoms with E-state index in [2.05, 4.69) is 31.3 Å². The Morgan fingerprint density at radius 1 is 1.62 bits per heavy atom. The average Bonchev–Trinajstić information content (AvgIpc) is 2.87. The highest BCUT2D eigenvalue weighted by Crippen LogP contribution is 2.09. The third-order valence-electron chi connectivity index (χ3n) is 2.42. The molecule has 3 N–H and O–H groups in total. The number of rotatable bonds is 3. The minimum Gasteiger partial charge on any atom is -0.344 e. The third kappa shape index (κ3) is 2.15. The molecule has 8 heteroatoms. The van der Waals surface area contributed by atoms with E-state index in [4.69, 9.17) is 0 Å². The first-order chi connectivity index (χ1) is 7.66. The lowest BCUT2D eigenvalue weighted by molar-refractivity contribution is -0.126. The maximum Gasteiger partial charge on any atom is 0.243 e. The van der Waals surface area contributed by atoms with Crippen molar-refractivity contribution in [1.82, 2.24) is 31.3 Å². The minimum absolute atomic E-state index is 0.0904. The van der Waals surface area contributed by atoms with Crippen LogP contribution in [0.15, 0.2) is 0 Å². The summed E-state index contributed by atoms with van der Waals surface area (Å²) in [7, 11) is 0. The molecule has 1 saturated heterocycles. The number of hydrogen-bond acceptors (Lipinski definition) is 5. The molecular weight excluding hydrogens is 212 g/mol. The van der Waals surface area contributed by atoms with Crippen LogP contribution in [0.25, 0.3) is 0 Å². The van der Waals surface area contributed by atoms with Gasteiger partial charge in [0.1, 0.15) is 6.04 Å². The van der Waals surface area contributed by atoms with Crippen LogP contribution in [0.2, 0.25) is 0 Å². The summed E-state index contributed by atoms with van der Waals surface area (Å²) in [6.45, 7) is 1.75. The Labute approximate surface area is 91.2 Å². The molecular formula is C8H12N6O2. The lowest BCUT2D eigenvalue weighted by atomic mass is 10.2. The summed E-state index contributed by atoms with van der Waals surface area (Å²) in [5.74, 6) is 0.105. The van der Waals surface area contributed by atoms with Crippen LogP contribution in [-0.2, 0) is 9.59 Å². The topological polar surface area (TPSA) is 113 Å². The fourth-order valence-electron chi connectivity index (χ4n) is 1.54. The van der Waals surface area contributed by atoms with E-state index in [-0.39, 0.29) is 17.9 Å². The SMILES string of the molecule is CC(NC(=O)[C@@H]1CCC(=O)N1)c1nn[nH]n1. The minimum atomic E-state index is -0.443. The number of aromatic amines is 1. The molecule has 0 radical (unpaired) electrons. The predicted molar refractivity (Wildman–Crippen MR) is 51.9 cm³/mol. The summed E-state index contributed by atoms with van der Waals surface area (Å²) >= 11 is 0. The second-order valence-corrected chi connectivity index (χ2v) is 3.66. The van der Waals surface area contributed by atoms with Gasteiger partial charge in [0.25, 0.3) is 0 Å². The van der Waals surface area contributed by atoms with Gasteiger partial charge in [0.2, 0.25) is 11.8 Å². The summed E-state index contributed by atoms with van der Waals surface area (Å²) in [6.07, 6.45) is 0.929. The maximum atomic E-state index is 11.7. The van der Waals surface area contributed by atoms with Crippen LogP contribution in [0.3, 0.4) is 0 Å². The molecule has 0 aromatic carbocycles. The van der Waals surface area contributed by atoms with E-state index in [0.29, 0.717) is 18.7 Å². The smallest absolute Gasteiger partial charge is 0.243 e. The lowest BCUT2D eigenvalue weighted by Gasteiger charge is -2.14. The normalized spacial score (nSPS) is 21.6. The van der Waals surface area contributed by atoms with Crippen LogP contribution in [0.4, 0.5) is 0 Å². The largest absolute Gasteiger partial charge is 0.344 e. The van der Waals surface area contributed by atoms with E-state index < -0.39 is 6.04 Å². The molecule has 86 valence electrons. The van der Waals surface area contributed by atoms with Crippen LogP contribution < -0.4 is 10.6 Å². The number of carbonyl (C=O) groups excluding carboxylic acids is 2. The first kappa shape index (κ1) is 10.5. The van der Waals surface area contributed by atoms with Crippen molar-refractivity contribution >= 4 is 11.8 Å². The quantitative estimate of drug-likeness (QED) is 0.588.